The molecule has 0 bridgehead atoms. The summed E-state index contributed by atoms with van der Waals surface area (Å²) in [5.74, 6) is -0.556. The molecule has 0 aliphatic rings. The zero-order valence-electron chi connectivity index (χ0n) is 14.7. The summed E-state index contributed by atoms with van der Waals surface area (Å²) in [7, 11) is 1.44. The van der Waals surface area contributed by atoms with E-state index in [9.17, 15) is 9.90 Å². The fourth-order valence-corrected chi connectivity index (χ4v) is 3.45. The van der Waals surface area contributed by atoms with E-state index in [2.05, 4.69) is 18.8 Å². The van der Waals surface area contributed by atoms with Gasteiger partial charge in [0.2, 0.25) is 0 Å². The van der Waals surface area contributed by atoms with Crippen molar-refractivity contribution < 1.29 is 14.6 Å². The second-order valence-electron chi connectivity index (χ2n) is 5.79. The Morgan fingerprint density at radius 3 is 2.80 bits per heavy atom. The number of nitrogens with zero attached hydrogens (tertiary/aromatic N) is 1. The molecular weight excluding hydrogens is 334 g/mol. The lowest BCUT2D eigenvalue weighted by Gasteiger charge is -2.06. The molecule has 0 radical (unpaired) electrons. The Morgan fingerprint density at radius 1 is 1.36 bits per heavy atom. The van der Waals surface area contributed by atoms with Crippen LogP contribution in [0.1, 0.15) is 54.4 Å². The number of carboxylic acids is 1. The maximum atomic E-state index is 11.5. The van der Waals surface area contributed by atoms with E-state index in [4.69, 9.17) is 4.74 Å². The highest BCUT2D eigenvalue weighted by molar-refractivity contribution is 7.09. The Bertz CT molecular complexity index is 777. The predicted octanol–water partition coefficient (Wildman–Crippen LogP) is 5.29. The lowest BCUT2D eigenvalue weighted by atomic mass is 10.00. The average Bonchev–Trinajstić information content (AvgIpc) is 3.07. The van der Waals surface area contributed by atoms with E-state index < -0.39 is 5.97 Å². The molecule has 0 saturated heterocycles. The Balaban J connectivity index is 2.28. The van der Waals surface area contributed by atoms with Gasteiger partial charge in [-0.3, -0.25) is 0 Å². The van der Waals surface area contributed by atoms with Gasteiger partial charge in [-0.25, -0.2) is 9.78 Å². The molecule has 132 valence electrons. The van der Waals surface area contributed by atoms with Gasteiger partial charge in [0.1, 0.15) is 5.57 Å². The van der Waals surface area contributed by atoms with Crippen LogP contribution in [0.25, 0.3) is 17.7 Å². The number of rotatable bonds is 8. The van der Waals surface area contributed by atoms with Crippen molar-refractivity contribution in [2.75, 3.05) is 7.11 Å². The van der Waals surface area contributed by atoms with Crippen molar-refractivity contribution in [2.45, 2.75) is 32.6 Å². The smallest absolute Gasteiger partial charge is 0.339 e. The second kappa shape index (κ2) is 9.18. The van der Waals surface area contributed by atoms with Crippen LogP contribution >= 0.6 is 11.3 Å². The van der Waals surface area contributed by atoms with Crippen LogP contribution in [0.5, 0.6) is 0 Å². The Kier molecular flexibility index (Phi) is 6.95. The number of hydrogen-bond donors (Lipinski definition) is 1. The molecule has 0 amide bonds. The molecule has 1 atom stereocenters. The molecule has 1 unspecified atom stereocenters. The van der Waals surface area contributed by atoms with Crippen LogP contribution in [0.3, 0.4) is 0 Å². The molecule has 5 heteroatoms. The zero-order chi connectivity index (χ0) is 18.2. The van der Waals surface area contributed by atoms with Crippen LogP contribution in [0.2, 0.25) is 0 Å². The topological polar surface area (TPSA) is 59.4 Å². The maximum absolute atomic E-state index is 11.5. The zero-order valence-corrected chi connectivity index (χ0v) is 15.5. The summed E-state index contributed by atoms with van der Waals surface area (Å²) < 4.78 is 4.91. The number of hydrogen-bond acceptors (Lipinski definition) is 4. The highest BCUT2D eigenvalue weighted by Gasteiger charge is 2.14. The minimum atomic E-state index is -1.02. The lowest BCUT2D eigenvalue weighted by Crippen LogP contribution is -2.02. The molecule has 25 heavy (non-hydrogen) atoms. The number of ether oxygens (including phenoxy) is 1. The van der Waals surface area contributed by atoms with E-state index in [0.29, 0.717) is 11.5 Å². The second-order valence-corrected chi connectivity index (χ2v) is 6.68. The van der Waals surface area contributed by atoms with Gasteiger partial charge in [0.15, 0.2) is 0 Å². The molecule has 0 fully saturated rings. The third kappa shape index (κ3) is 5.03. The summed E-state index contributed by atoms with van der Waals surface area (Å²) in [6.45, 7) is 4.37. The van der Waals surface area contributed by atoms with E-state index in [1.54, 1.807) is 17.4 Å². The van der Waals surface area contributed by atoms with Gasteiger partial charge in [0.05, 0.1) is 24.1 Å². The number of benzene rings is 1. The minimum absolute atomic E-state index is 0.123. The van der Waals surface area contributed by atoms with Crippen LogP contribution in [0, 0.1) is 0 Å². The molecule has 1 N–H and O–H groups in total. The summed E-state index contributed by atoms with van der Waals surface area (Å²) in [6, 6.07) is 7.34. The van der Waals surface area contributed by atoms with Crippen molar-refractivity contribution in [3.05, 3.63) is 57.7 Å². The van der Waals surface area contributed by atoms with Gasteiger partial charge in [-0.05, 0) is 23.6 Å². The molecule has 1 heterocycles. The van der Waals surface area contributed by atoms with E-state index >= 15 is 0 Å². The number of carboxylic acid groups (broad SMARTS) is 1. The lowest BCUT2D eigenvalue weighted by molar-refractivity contribution is -0.130. The number of aromatic nitrogens is 1. The van der Waals surface area contributed by atoms with Gasteiger partial charge in [-0.1, -0.05) is 50.6 Å². The predicted molar refractivity (Wildman–Crippen MR) is 103 cm³/mol. The summed E-state index contributed by atoms with van der Waals surface area (Å²) in [4.78, 5) is 16.1. The van der Waals surface area contributed by atoms with Crippen molar-refractivity contribution in [1.29, 1.82) is 0 Å². The highest BCUT2D eigenvalue weighted by Crippen LogP contribution is 2.26. The van der Waals surface area contributed by atoms with E-state index in [-0.39, 0.29) is 5.57 Å². The molecule has 1 aromatic carbocycles. The number of carbonyl (C=O) groups is 1. The SMILES string of the molecule is CCCC(C)c1nc(/C=C/c2ccccc2C(=COC)C(=O)O)cs1. The van der Waals surface area contributed by atoms with Crippen LogP contribution in [0.15, 0.2) is 35.9 Å². The molecule has 0 aliphatic carbocycles. The van der Waals surface area contributed by atoms with Crippen molar-refractivity contribution in [2.24, 2.45) is 0 Å². The van der Waals surface area contributed by atoms with E-state index in [1.165, 1.54) is 13.4 Å². The summed E-state index contributed by atoms with van der Waals surface area (Å²) in [5, 5.41) is 12.6. The first kappa shape index (κ1) is 18.9. The fraction of sp³-hybridized carbons (Fsp3) is 0.300. The molecule has 2 rings (SSSR count). The molecular formula is C20H23NO3S. The quantitative estimate of drug-likeness (QED) is 0.515. The monoisotopic (exact) mass is 357 g/mol. The van der Waals surface area contributed by atoms with Crippen molar-refractivity contribution in [3.8, 4) is 0 Å². The van der Waals surface area contributed by atoms with Crippen LogP contribution in [-0.2, 0) is 9.53 Å². The third-order valence-electron chi connectivity index (χ3n) is 3.83. The van der Waals surface area contributed by atoms with Gasteiger partial charge in [0, 0.05) is 11.3 Å². The summed E-state index contributed by atoms with van der Waals surface area (Å²) in [6.07, 6.45) is 7.34. The molecule has 0 spiro atoms. The van der Waals surface area contributed by atoms with Gasteiger partial charge in [0.25, 0.3) is 0 Å². The Labute approximate surface area is 152 Å². The number of methoxy groups -OCH3 is 1. The normalized spacial score (nSPS) is 13.2. The standard InChI is InChI=1S/C20H23NO3S/c1-4-7-14(2)19-21-16(13-25-19)11-10-15-8-5-6-9-17(15)18(12-24-3)20(22)23/h5-6,8-14H,4,7H2,1-3H3,(H,22,23)/b11-10+,18-12?. The van der Waals surface area contributed by atoms with E-state index in [0.717, 1.165) is 29.1 Å². The first-order chi connectivity index (χ1) is 12.1. The highest BCUT2D eigenvalue weighted by atomic mass is 32.1. The number of aliphatic carboxylic acids is 1. The van der Waals surface area contributed by atoms with Crippen molar-refractivity contribution in [1.82, 2.24) is 4.98 Å². The van der Waals surface area contributed by atoms with E-state index in [1.807, 2.05) is 35.7 Å². The fourth-order valence-electron chi connectivity index (χ4n) is 2.57. The van der Waals surface area contributed by atoms with Gasteiger partial charge in [-0.2, -0.15) is 0 Å². The van der Waals surface area contributed by atoms with Crippen molar-refractivity contribution >= 4 is 35.0 Å². The molecule has 0 aliphatic heterocycles. The molecule has 4 nitrogen and oxygen atoms in total. The maximum Gasteiger partial charge on any atom is 0.339 e. The third-order valence-corrected chi connectivity index (χ3v) is 4.93. The first-order valence-corrected chi connectivity index (χ1v) is 9.14. The van der Waals surface area contributed by atoms with Crippen LogP contribution in [0.4, 0.5) is 0 Å². The minimum Gasteiger partial charge on any atom is -0.503 e. The largest absolute Gasteiger partial charge is 0.503 e. The van der Waals surface area contributed by atoms with Gasteiger partial charge in [-0.15, -0.1) is 11.3 Å². The Morgan fingerprint density at radius 2 is 2.12 bits per heavy atom. The number of thiazole rings is 1. The van der Waals surface area contributed by atoms with Crippen LogP contribution in [-0.4, -0.2) is 23.2 Å². The molecule has 0 saturated carbocycles. The van der Waals surface area contributed by atoms with Crippen molar-refractivity contribution in [3.63, 3.8) is 0 Å². The molecule has 2 aromatic rings. The first-order valence-electron chi connectivity index (χ1n) is 8.26. The van der Waals surface area contributed by atoms with Crippen LogP contribution < -0.4 is 0 Å². The van der Waals surface area contributed by atoms with Gasteiger partial charge < -0.3 is 9.84 Å². The summed E-state index contributed by atoms with van der Waals surface area (Å²) >= 11 is 1.67. The summed E-state index contributed by atoms with van der Waals surface area (Å²) in [5.41, 5.74) is 2.44. The average molecular weight is 357 g/mol. The Hall–Kier alpha value is -2.40. The van der Waals surface area contributed by atoms with Gasteiger partial charge >= 0.3 is 5.97 Å². The molecule has 1 aromatic heterocycles.